The third-order valence-electron chi connectivity index (χ3n) is 5.44. The van der Waals surface area contributed by atoms with E-state index < -0.39 is 31.0 Å². The van der Waals surface area contributed by atoms with Crippen LogP contribution in [0.4, 0.5) is 0 Å². The van der Waals surface area contributed by atoms with Gasteiger partial charge in [0.2, 0.25) is 0 Å². The van der Waals surface area contributed by atoms with Gasteiger partial charge in [0.05, 0.1) is 37.2 Å². The maximum Gasteiger partial charge on any atom is 2.00 e. The molecule has 4 N–H and O–H groups in total. The summed E-state index contributed by atoms with van der Waals surface area (Å²) in [6.45, 7) is -0.805. The van der Waals surface area contributed by atoms with Gasteiger partial charge in [-0.1, -0.05) is 25.0 Å². The van der Waals surface area contributed by atoms with Crippen molar-refractivity contribution in [3.63, 3.8) is 0 Å². The number of aromatic amines is 1. The second-order valence-corrected chi connectivity index (χ2v) is 7.61. The van der Waals surface area contributed by atoms with E-state index in [4.69, 9.17) is 0 Å². The first-order valence-corrected chi connectivity index (χ1v) is 9.90. The number of imidazole rings is 1. The molecule has 31 heavy (non-hydrogen) atoms. The molecule has 1 aliphatic rings. The molecule has 1 aromatic carbocycles. The number of H-pyrrole nitrogens is 1. The average Bonchev–Trinajstić information content (AvgIpc) is 3.08. The number of nitrogens with zero attached hydrogens (tertiary/aromatic N) is 3. The van der Waals surface area contributed by atoms with E-state index in [0.29, 0.717) is 18.7 Å². The van der Waals surface area contributed by atoms with E-state index in [9.17, 15) is 29.7 Å². The summed E-state index contributed by atoms with van der Waals surface area (Å²) < 4.78 is 0. The number of aromatic nitrogens is 2. The van der Waals surface area contributed by atoms with Crippen LogP contribution < -0.4 is 0 Å². The Bertz CT molecular complexity index is 871. The molecule has 0 bridgehead atoms. The third-order valence-corrected chi connectivity index (χ3v) is 5.44. The minimum absolute atomic E-state index is 0. The quantitative estimate of drug-likeness (QED) is 0.374. The summed E-state index contributed by atoms with van der Waals surface area (Å²) >= 11 is 0. The van der Waals surface area contributed by atoms with Crippen molar-refractivity contribution in [1.82, 2.24) is 19.8 Å². The molecule has 11 heteroatoms. The Morgan fingerprint density at radius 1 is 0.903 bits per heavy atom. The van der Waals surface area contributed by atoms with Gasteiger partial charge in [0, 0.05) is 12.1 Å². The van der Waals surface area contributed by atoms with Crippen LogP contribution in [0, 0.1) is 0 Å². The zero-order valence-corrected chi connectivity index (χ0v) is 18.1. The number of fused-ring (bicyclic) bond motifs is 1. The number of carboxylic acid groups (broad SMARTS) is 3. The standard InChI is InChI=1S/C20H26N4O6.Mn/c25-18(26)10-23(9-17-21-13-5-1-2-6-14(13)22-17)15-7-3-4-8-16(15)24(11-19(27)28)12-20(29)30;/h1-2,5-6,15-16H,3-4,7-12H2,(H,21,22)(H,25,26)(H,27,28)(H,29,30);/q;+2/t15-,16?;/m0./s1. The Balaban J connectivity index is 0.00000341. The van der Waals surface area contributed by atoms with Gasteiger partial charge in [-0.3, -0.25) is 24.2 Å². The zero-order chi connectivity index (χ0) is 21.7. The molecule has 10 nitrogen and oxygen atoms in total. The van der Waals surface area contributed by atoms with Gasteiger partial charge in [-0.05, 0) is 25.0 Å². The van der Waals surface area contributed by atoms with Crippen LogP contribution in [0.2, 0.25) is 0 Å². The fourth-order valence-corrected chi connectivity index (χ4v) is 4.32. The van der Waals surface area contributed by atoms with Crippen LogP contribution in [-0.2, 0) is 38.0 Å². The van der Waals surface area contributed by atoms with Crippen molar-refractivity contribution in [2.24, 2.45) is 0 Å². The number of para-hydroxylation sites is 2. The maximum atomic E-state index is 11.6. The number of rotatable bonds is 10. The first kappa shape index (κ1) is 24.8. The van der Waals surface area contributed by atoms with Crippen LogP contribution in [0.5, 0.6) is 0 Å². The van der Waals surface area contributed by atoms with Gasteiger partial charge in [0.15, 0.2) is 0 Å². The predicted molar refractivity (Wildman–Crippen MR) is 107 cm³/mol. The molecule has 1 saturated carbocycles. The van der Waals surface area contributed by atoms with E-state index >= 15 is 0 Å². The summed E-state index contributed by atoms with van der Waals surface area (Å²) in [7, 11) is 0. The zero-order valence-electron chi connectivity index (χ0n) is 16.9. The van der Waals surface area contributed by atoms with E-state index in [2.05, 4.69) is 9.97 Å². The van der Waals surface area contributed by atoms with Crippen LogP contribution in [0.15, 0.2) is 24.3 Å². The van der Waals surface area contributed by atoms with Crippen molar-refractivity contribution < 1.29 is 46.8 Å². The van der Waals surface area contributed by atoms with Crippen LogP contribution in [0.3, 0.4) is 0 Å². The first-order valence-electron chi connectivity index (χ1n) is 9.90. The summed E-state index contributed by atoms with van der Waals surface area (Å²) in [6, 6.07) is 6.84. The number of hydrogen-bond donors (Lipinski definition) is 4. The second kappa shape index (κ2) is 11.2. The molecular formula is C20H26MnN4O6+2. The molecular weight excluding hydrogens is 447 g/mol. The first-order chi connectivity index (χ1) is 14.3. The molecule has 0 saturated heterocycles. The van der Waals surface area contributed by atoms with Crippen LogP contribution in [0.25, 0.3) is 11.0 Å². The fourth-order valence-electron chi connectivity index (χ4n) is 4.32. The molecule has 2 aromatic rings. The Kier molecular flexibility index (Phi) is 9.00. The molecule has 167 valence electrons. The van der Waals surface area contributed by atoms with Crippen molar-refractivity contribution in [2.45, 2.75) is 44.3 Å². The number of aliphatic carboxylic acids is 3. The number of nitrogens with one attached hydrogen (secondary N) is 1. The molecule has 1 radical (unpaired) electrons. The van der Waals surface area contributed by atoms with Crippen molar-refractivity contribution in [3.8, 4) is 0 Å². The van der Waals surface area contributed by atoms with Gasteiger partial charge in [0.1, 0.15) is 5.82 Å². The van der Waals surface area contributed by atoms with E-state index in [1.807, 2.05) is 24.3 Å². The van der Waals surface area contributed by atoms with Gasteiger partial charge in [0.25, 0.3) is 0 Å². The fraction of sp³-hybridized carbons (Fsp3) is 0.500. The average molecular weight is 473 g/mol. The summed E-state index contributed by atoms with van der Waals surface area (Å²) in [5.41, 5.74) is 1.63. The molecule has 1 unspecified atom stereocenters. The van der Waals surface area contributed by atoms with E-state index in [-0.39, 0.29) is 42.2 Å². The van der Waals surface area contributed by atoms with Crippen molar-refractivity contribution in [1.29, 1.82) is 0 Å². The van der Waals surface area contributed by atoms with Gasteiger partial charge in [-0.25, -0.2) is 4.98 Å². The van der Waals surface area contributed by atoms with Crippen LogP contribution in [-0.4, -0.2) is 84.7 Å². The Morgan fingerprint density at radius 3 is 1.97 bits per heavy atom. The summed E-state index contributed by atoms with van der Waals surface area (Å²) in [5, 5.41) is 28.0. The van der Waals surface area contributed by atoms with Gasteiger partial charge in [-0.2, -0.15) is 0 Å². The smallest absolute Gasteiger partial charge is 0.480 e. The largest absolute Gasteiger partial charge is 2.00 e. The van der Waals surface area contributed by atoms with Crippen LogP contribution >= 0.6 is 0 Å². The Morgan fingerprint density at radius 2 is 1.42 bits per heavy atom. The molecule has 0 spiro atoms. The van der Waals surface area contributed by atoms with E-state index in [1.54, 1.807) is 4.90 Å². The van der Waals surface area contributed by atoms with E-state index in [0.717, 1.165) is 23.9 Å². The Labute approximate surface area is 189 Å². The number of carbonyl (C=O) groups is 3. The Hall–Kier alpha value is -2.46. The summed E-state index contributed by atoms with van der Waals surface area (Å²) in [4.78, 5) is 45.1. The monoisotopic (exact) mass is 473 g/mol. The molecule has 1 aliphatic carbocycles. The van der Waals surface area contributed by atoms with E-state index in [1.165, 1.54) is 4.90 Å². The molecule has 0 aliphatic heterocycles. The minimum Gasteiger partial charge on any atom is -0.480 e. The van der Waals surface area contributed by atoms with Gasteiger partial charge >= 0.3 is 35.0 Å². The molecule has 1 aromatic heterocycles. The van der Waals surface area contributed by atoms with Crippen molar-refractivity contribution >= 4 is 28.9 Å². The van der Waals surface area contributed by atoms with Crippen molar-refractivity contribution in [3.05, 3.63) is 30.1 Å². The minimum atomic E-state index is -1.11. The molecule has 3 rings (SSSR count). The molecule has 1 heterocycles. The van der Waals surface area contributed by atoms with Crippen molar-refractivity contribution in [2.75, 3.05) is 19.6 Å². The van der Waals surface area contributed by atoms with Crippen LogP contribution in [0.1, 0.15) is 31.5 Å². The maximum absolute atomic E-state index is 11.6. The third kappa shape index (κ3) is 6.76. The number of carboxylic acids is 3. The molecule has 0 amide bonds. The normalized spacial score (nSPS) is 18.8. The van der Waals surface area contributed by atoms with Gasteiger partial charge < -0.3 is 20.3 Å². The summed E-state index contributed by atoms with van der Waals surface area (Å²) in [5.74, 6) is -2.60. The SMILES string of the molecule is O=C(O)CN(CC(=O)O)C1CCCC[C@@H]1N(CC(=O)O)Cc1nc2ccccc2[nH]1.[Mn+2]. The molecule has 2 atom stereocenters. The summed E-state index contributed by atoms with van der Waals surface area (Å²) in [6.07, 6.45) is 2.98. The second-order valence-electron chi connectivity index (χ2n) is 7.61. The number of hydrogen-bond acceptors (Lipinski definition) is 6. The topological polar surface area (TPSA) is 147 Å². The van der Waals surface area contributed by atoms with Gasteiger partial charge in [-0.15, -0.1) is 0 Å². The molecule has 1 fully saturated rings. The number of benzene rings is 1. The predicted octanol–water partition coefficient (Wildman–Crippen LogP) is 1.23.